The standard InChI is InChI=1S/C25H20F3N3O4.C18H12F3NO4.C7H10N2O/c1-34-19-11-15-10-16(24(33)31-21(14-32)20-4-2-3-9-29-20)13-30-23(15)22(12-19)35-18-7-5-17(6-8-18)25(26,27)28;1-25-14-7-10-6-11(17(23)24)9-22-16(10)15(8-14)26-13-4-2-12(3-5-13)18(19,20)21;8-6(5-10)7-3-1-2-4-9-7/h2-13,21,32H,14H2,1H3,(H,31,33);2-9H,1H3,(H,23,24);1-4,6,10H,5,8H2. The molecular weight excluding hydrogens is 943 g/mol. The Morgan fingerprint density at radius 2 is 1.04 bits per heavy atom. The van der Waals surface area contributed by atoms with Crippen molar-refractivity contribution in [3.63, 3.8) is 0 Å². The number of aromatic carboxylic acids is 1. The third-order valence-corrected chi connectivity index (χ3v) is 10.0. The summed E-state index contributed by atoms with van der Waals surface area (Å²) in [6, 6.07) is 27.3. The van der Waals surface area contributed by atoms with Crippen LogP contribution in [0.1, 0.15) is 55.3 Å². The van der Waals surface area contributed by atoms with Crippen molar-refractivity contribution in [3.8, 4) is 34.5 Å². The zero-order valence-electron chi connectivity index (χ0n) is 37.4. The van der Waals surface area contributed by atoms with Crippen LogP contribution in [0.5, 0.6) is 34.5 Å². The number of fused-ring (bicyclic) bond motifs is 2. The lowest BCUT2D eigenvalue weighted by Crippen LogP contribution is -2.31. The van der Waals surface area contributed by atoms with Crippen LogP contribution in [0.25, 0.3) is 21.8 Å². The van der Waals surface area contributed by atoms with Crippen molar-refractivity contribution < 1.29 is 70.2 Å². The molecule has 21 heteroatoms. The van der Waals surface area contributed by atoms with E-state index in [0.29, 0.717) is 39.0 Å². The van der Waals surface area contributed by atoms with Crippen molar-refractivity contribution in [2.45, 2.75) is 24.4 Å². The Morgan fingerprint density at radius 1 is 0.592 bits per heavy atom. The molecule has 8 rings (SSSR count). The van der Waals surface area contributed by atoms with Gasteiger partial charge in [0, 0.05) is 47.7 Å². The molecule has 0 fully saturated rings. The molecule has 0 saturated heterocycles. The lowest BCUT2D eigenvalue weighted by atomic mass is 10.1. The number of nitrogens with zero attached hydrogens (tertiary/aromatic N) is 4. The van der Waals surface area contributed by atoms with Crippen LogP contribution in [-0.4, -0.2) is 74.6 Å². The Hall–Kier alpha value is -8.40. The van der Waals surface area contributed by atoms with E-state index in [2.05, 4.69) is 25.3 Å². The molecule has 6 N–H and O–H groups in total. The molecule has 0 aliphatic rings. The molecular formula is C50H42F6N6O9. The number of alkyl halides is 6. The summed E-state index contributed by atoms with van der Waals surface area (Å²) < 4.78 is 98.3. The quantitative estimate of drug-likeness (QED) is 0.0679. The maximum absolute atomic E-state index is 12.8. The Labute approximate surface area is 400 Å². The first-order chi connectivity index (χ1) is 33.9. The lowest BCUT2D eigenvalue weighted by molar-refractivity contribution is -0.138. The minimum Gasteiger partial charge on any atom is -0.497 e. The monoisotopic (exact) mass is 984 g/mol. The summed E-state index contributed by atoms with van der Waals surface area (Å²) in [6.07, 6.45) is -3.15. The maximum atomic E-state index is 12.8. The van der Waals surface area contributed by atoms with E-state index in [0.717, 1.165) is 30.0 Å². The number of carbonyl (C=O) groups is 2. The summed E-state index contributed by atoms with van der Waals surface area (Å²) in [5.41, 5.74) is 6.09. The SMILES string of the molecule is COc1cc(Oc2ccc(C(F)(F)F)cc2)c2ncc(C(=O)NC(CO)c3ccccn3)cc2c1.COc1cc(Oc2ccc(C(F)(F)F)cc2)c2ncc(C(=O)O)cc2c1.NC(CO)c1ccccn1. The third kappa shape index (κ3) is 13.9. The molecule has 15 nitrogen and oxygen atoms in total. The van der Waals surface area contributed by atoms with E-state index in [1.807, 2.05) is 12.1 Å². The fourth-order valence-corrected chi connectivity index (χ4v) is 6.42. The van der Waals surface area contributed by atoms with Gasteiger partial charge in [0.25, 0.3) is 5.91 Å². The number of carboxylic acid groups (broad SMARTS) is 1. The number of methoxy groups -OCH3 is 2. The number of carbonyl (C=O) groups excluding carboxylic acids is 1. The molecule has 0 aliphatic carbocycles. The first-order valence-electron chi connectivity index (χ1n) is 20.9. The number of aliphatic hydroxyl groups is 2. The van der Waals surface area contributed by atoms with Crippen molar-refractivity contribution in [2.24, 2.45) is 5.73 Å². The van der Waals surface area contributed by atoms with Gasteiger partial charge in [0.15, 0.2) is 11.5 Å². The first-order valence-corrected chi connectivity index (χ1v) is 20.9. The van der Waals surface area contributed by atoms with Gasteiger partial charge in [-0.05, 0) is 97.1 Å². The zero-order chi connectivity index (χ0) is 51.3. The molecule has 2 unspecified atom stereocenters. The number of aromatic nitrogens is 4. The highest BCUT2D eigenvalue weighted by Gasteiger charge is 2.31. The Kier molecular flexibility index (Phi) is 17.0. The number of nitrogens with two attached hydrogens (primary N) is 1. The summed E-state index contributed by atoms with van der Waals surface area (Å²) in [4.78, 5) is 40.5. The van der Waals surface area contributed by atoms with Gasteiger partial charge in [0.1, 0.15) is 34.0 Å². The number of rotatable bonds is 13. The predicted octanol–water partition coefficient (Wildman–Crippen LogP) is 9.74. The number of amides is 1. The van der Waals surface area contributed by atoms with Crippen LogP contribution in [0.3, 0.4) is 0 Å². The van der Waals surface area contributed by atoms with Gasteiger partial charge >= 0.3 is 18.3 Å². The van der Waals surface area contributed by atoms with Crippen LogP contribution < -0.4 is 30.0 Å². The van der Waals surface area contributed by atoms with Crippen molar-refractivity contribution >= 4 is 33.7 Å². The van der Waals surface area contributed by atoms with Crippen LogP contribution in [0.2, 0.25) is 0 Å². The molecule has 4 aromatic carbocycles. The number of ether oxygens (including phenoxy) is 4. The highest BCUT2D eigenvalue weighted by Crippen LogP contribution is 2.37. The number of aliphatic hydroxyl groups excluding tert-OH is 2. The molecule has 0 saturated carbocycles. The second-order valence-electron chi connectivity index (χ2n) is 14.9. The van der Waals surface area contributed by atoms with Gasteiger partial charge in [0.2, 0.25) is 0 Å². The average Bonchev–Trinajstić information content (AvgIpc) is 3.37. The Balaban J connectivity index is 0.000000200. The molecule has 4 heterocycles. The van der Waals surface area contributed by atoms with Gasteiger partial charge in [-0.2, -0.15) is 26.3 Å². The van der Waals surface area contributed by atoms with Gasteiger partial charge in [-0.25, -0.2) is 4.79 Å². The number of hydrogen-bond donors (Lipinski definition) is 5. The van der Waals surface area contributed by atoms with Gasteiger partial charge in [-0.15, -0.1) is 0 Å². The summed E-state index contributed by atoms with van der Waals surface area (Å²) in [6.45, 7) is -0.403. The van der Waals surface area contributed by atoms with Crippen molar-refractivity contribution in [1.82, 2.24) is 25.3 Å². The first kappa shape index (κ1) is 52.0. The van der Waals surface area contributed by atoms with Crippen molar-refractivity contribution in [1.29, 1.82) is 0 Å². The summed E-state index contributed by atoms with van der Waals surface area (Å²) in [7, 11) is 2.88. The molecule has 0 spiro atoms. The molecule has 0 aliphatic heterocycles. The van der Waals surface area contributed by atoms with Gasteiger partial charge in [-0.1, -0.05) is 12.1 Å². The van der Waals surface area contributed by atoms with E-state index in [1.165, 1.54) is 63.0 Å². The lowest BCUT2D eigenvalue weighted by Gasteiger charge is -2.16. The number of hydrogen-bond acceptors (Lipinski definition) is 13. The Morgan fingerprint density at radius 3 is 1.44 bits per heavy atom. The minimum absolute atomic E-state index is 0.00812. The highest BCUT2D eigenvalue weighted by molar-refractivity contribution is 5.99. The normalized spacial score (nSPS) is 12.0. The molecule has 8 aromatic rings. The predicted molar refractivity (Wildman–Crippen MR) is 246 cm³/mol. The molecule has 71 heavy (non-hydrogen) atoms. The summed E-state index contributed by atoms with van der Waals surface area (Å²) in [5, 5.41) is 31.1. The van der Waals surface area contributed by atoms with Gasteiger partial charge in [-0.3, -0.25) is 24.7 Å². The summed E-state index contributed by atoms with van der Waals surface area (Å²) >= 11 is 0. The van der Waals surface area contributed by atoms with E-state index < -0.39 is 41.4 Å². The van der Waals surface area contributed by atoms with Crippen LogP contribution in [0.15, 0.2) is 146 Å². The van der Waals surface area contributed by atoms with Crippen LogP contribution in [0, 0.1) is 0 Å². The molecule has 0 bridgehead atoms. The number of pyridine rings is 4. The molecule has 1 amide bonds. The number of benzene rings is 4. The molecule has 368 valence electrons. The molecule has 2 atom stereocenters. The smallest absolute Gasteiger partial charge is 0.416 e. The van der Waals surface area contributed by atoms with Crippen LogP contribution in [-0.2, 0) is 12.4 Å². The van der Waals surface area contributed by atoms with Crippen LogP contribution >= 0.6 is 0 Å². The molecule has 4 aromatic heterocycles. The van der Waals surface area contributed by atoms with Crippen molar-refractivity contribution in [2.75, 3.05) is 27.4 Å². The second-order valence-corrected chi connectivity index (χ2v) is 14.9. The maximum Gasteiger partial charge on any atom is 0.416 e. The highest BCUT2D eigenvalue weighted by atomic mass is 19.4. The fraction of sp³-hybridized carbons (Fsp3) is 0.160. The van der Waals surface area contributed by atoms with E-state index in [4.69, 9.17) is 34.9 Å². The zero-order valence-corrected chi connectivity index (χ0v) is 37.4. The average molecular weight is 985 g/mol. The number of nitrogens with one attached hydrogen (secondary N) is 1. The fourth-order valence-electron chi connectivity index (χ4n) is 6.42. The largest absolute Gasteiger partial charge is 0.497 e. The van der Waals surface area contributed by atoms with Crippen molar-refractivity contribution in [3.05, 3.63) is 180 Å². The van der Waals surface area contributed by atoms with Crippen LogP contribution in [0.4, 0.5) is 26.3 Å². The van der Waals surface area contributed by atoms with E-state index in [9.17, 15) is 41.0 Å². The topological polar surface area (TPSA) is 221 Å². The van der Waals surface area contributed by atoms with Gasteiger partial charge in [0.05, 0.1) is 73.2 Å². The number of carboxylic acids is 1. The molecule has 0 radical (unpaired) electrons. The number of halogens is 6. The second kappa shape index (κ2) is 23.3. The Bertz CT molecular complexity index is 3060. The van der Waals surface area contributed by atoms with E-state index in [-0.39, 0.29) is 53.4 Å². The van der Waals surface area contributed by atoms with E-state index >= 15 is 0 Å². The third-order valence-electron chi connectivity index (χ3n) is 10.0. The summed E-state index contributed by atoms with van der Waals surface area (Å²) in [5.74, 6) is 0.0200. The van der Waals surface area contributed by atoms with E-state index in [1.54, 1.807) is 60.9 Å². The minimum atomic E-state index is -4.45. The van der Waals surface area contributed by atoms with Gasteiger partial charge < -0.3 is 45.3 Å².